The minimum absolute atomic E-state index is 0.000326. The normalized spacial score (nSPS) is 11.3. The van der Waals surface area contributed by atoms with Crippen molar-refractivity contribution in [2.24, 2.45) is 0 Å². The van der Waals surface area contributed by atoms with Crippen LogP contribution in [0.5, 0.6) is 0 Å². The number of carbonyl (C=O) groups is 1. The lowest BCUT2D eigenvalue weighted by Gasteiger charge is -2.07. The van der Waals surface area contributed by atoms with Crippen molar-refractivity contribution in [3.05, 3.63) is 32.2 Å². The van der Waals surface area contributed by atoms with E-state index in [0.29, 0.717) is 11.4 Å². The van der Waals surface area contributed by atoms with Crippen LogP contribution < -0.4 is 10.0 Å². The van der Waals surface area contributed by atoms with Crippen LogP contribution in [0.1, 0.15) is 11.4 Å². The highest BCUT2D eigenvalue weighted by Crippen LogP contribution is 2.34. The number of hydrogen-bond acceptors (Lipinski definition) is 6. The van der Waals surface area contributed by atoms with Crippen LogP contribution in [0.2, 0.25) is 8.67 Å². The molecule has 0 aliphatic rings. The number of amides is 2. The topological polar surface area (TPSA) is 101 Å². The Hall–Kier alpha value is -1.42. The monoisotopic (exact) mass is 380 g/mol. The lowest BCUT2D eigenvalue weighted by atomic mass is 10.4. The second-order valence-corrected chi connectivity index (χ2v) is 8.16. The van der Waals surface area contributed by atoms with Crippen LogP contribution in [0.15, 0.2) is 17.0 Å². The molecule has 0 spiro atoms. The molecule has 0 saturated carbocycles. The first-order valence-electron chi connectivity index (χ1n) is 5.78. The Labute approximate surface area is 140 Å². The summed E-state index contributed by atoms with van der Waals surface area (Å²) in [6, 6.07) is 1.88. The summed E-state index contributed by atoms with van der Waals surface area (Å²) in [6.07, 6.45) is 0. The van der Waals surface area contributed by atoms with Crippen LogP contribution in [0.3, 0.4) is 0 Å². The average Bonchev–Trinajstić information content (AvgIpc) is 2.66. The van der Waals surface area contributed by atoms with Crippen molar-refractivity contribution in [1.29, 1.82) is 0 Å². The largest absolute Gasteiger partial charge is 0.335 e. The van der Waals surface area contributed by atoms with Crippen molar-refractivity contribution in [2.75, 3.05) is 5.32 Å². The van der Waals surface area contributed by atoms with Gasteiger partial charge in [0.2, 0.25) is 5.95 Å². The number of aryl methyl sites for hydroxylation is 2. The fourth-order valence-electron chi connectivity index (χ4n) is 1.59. The van der Waals surface area contributed by atoms with Crippen molar-refractivity contribution in [1.82, 2.24) is 14.7 Å². The lowest BCUT2D eigenvalue weighted by molar-refractivity contribution is 0.256. The van der Waals surface area contributed by atoms with Gasteiger partial charge in [-0.15, -0.1) is 11.3 Å². The molecule has 118 valence electrons. The maximum atomic E-state index is 12.1. The van der Waals surface area contributed by atoms with E-state index in [1.165, 1.54) is 0 Å². The zero-order valence-electron chi connectivity index (χ0n) is 11.3. The van der Waals surface area contributed by atoms with Crippen molar-refractivity contribution >= 4 is 56.5 Å². The second-order valence-electron chi connectivity index (χ2n) is 4.22. The van der Waals surface area contributed by atoms with Crippen LogP contribution in [0.25, 0.3) is 0 Å². The van der Waals surface area contributed by atoms with Gasteiger partial charge in [0, 0.05) is 11.4 Å². The summed E-state index contributed by atoms with van der Waals surface area (Å²) in [7, 11) is -4.13. The fraction of sp³-hybridized carbons (Fsp3) is 0.182. The highest BCUT2D eigenvalue weighted by Gasteiger charge is 2.23. The minimum Gasteiger partial charge on any atom is -0.275 e. The molecule has 2 heterocycles. The van der Waals surface area contributed by atoms with E-state index < -0.39 is 16.1 Å². The first-order chi connectivity index (χ1) is 10.2. The Morgan fingerprint density at radius 1 is 1.18 bits per heavy atom. The molecule has 0 fully saturated rings. The Kier molecular flexibility index (Phi) is 4.90. The van der Waals surface area contributed by atoms with Gasteiger partial charge in [0.25, 0.3) is 10.0 Å². The van der Waals surface area contributed by atoms with Gasteiger partial charge in [-0.25, -0.2) is 27.9 Å². The predicted molar refractivity (Wildman–Crippen MR) is 85.2 cm³/mol. The molecule has 0 bridgehead atoms. The standard InChI is InChI=1S/C11H10Cl2N4O3S2/c1-5-3-6(2)15-10(14-5)16-11(18)17-22(19,20)7-4-8(12)21-9(7)13/h3-4H,1-2H3,(H2,14,15,16,17,18). The zero-order chi connectivity index (χ0) is 16.5. The summed E-state index contributed by atoms with van der Waals surface area (Å²) in [5, 5.41) is 2.25. The molecule has 0 atom stereocenters. The molecule has 2 aromatic heterocycles. The number of halogens is 2. The van der Waals surface area contributed by atoms with Gasteiger partial charge in [0.1, 0.15) is 9.23 Å². The van der Waals surface area contributed by atoms with Crippen LogP contribution in [0.4, 0.5) is 10.7 Å². The zero-order valence-corrected chi connectivity index (χ0v) is 14.5. The predicted octanol–water partition coefficient (Wildman–Crippen LogP) is 2.97. The van der Waals surface area contributed by atoms with Crippen LogP contribution in [-0.2, 0) is 10.0 Å². The summed E-state index contributed by atoms with van der Waals surface area (Å²) in [5.41, 5.74) is 1.27. The SMILES string of the molecule is Cc1cc(C)nc(NC(=O)NS(=O)(=O)c2cc(Cl)sc2Cl)n1. The first-order valence-corrected chi connectivity index (χ1v) is 8.84. The quantitative estimate of drug-likeness (QED) is 0.851. The van der Waals surface area contributed by atoms with Crippen molar-refractivity contribution in [3.63, 3.8) is 0 Å². The highest BCUT2D eigenvalue weighted by atomic mass is 35.5. The van der Waals surface area contributed by atoms with Crippen molar-refractivity contribution in [2.45, 2.75) is 18.7 Å². The minimum atomic E-state index is -4.13. The van der Waals surface area contributed by atoms with Gasteiger partial charge in [0.05, 0.1) is 4.34 Å². The molecule has 7 nitrogen and oxygen atoms in total. The van der Waals surface area contributed by atoms with Gasteiger partial charge in [-0.1, -0.05) is 23.2 Å². The molecule has 0 aliphatic heterocycles. The van der Waals surface area contributed by atoms with Gasteiger partial charge < -0.3 is 0 Å². The summed E-state index contributed by atoms with van der Waals surface area (Å²) >= 11 is 12.4. The molecule has 0 aliphatic carbocycles. The number of thiophene rings is 1. The molecular weight excluding hydrogens is 371 g/mol. The second kappa shape index (κ2) is 6.37. The van der Waals surface area contributed by atoms with E-state index in [4.69, 9.17) is 23.2 Å². The number of rotatable bonds is 3. The van der Waals surface area contributed by atoms with E-state index in [2.05, 4.69) is 15.3 Å². The molecule has 0 saturated heterocycles. The van der Waals surface area contributed by atoms with E-state index in [1.54, 1.807) is 19.9 Å². The average molecular weight is 381 g/mol. The Morgan fingerprint density at radius 2 is 1.77 bits per heavy atom. The molecule has 2 N–H and O–H groups in total. The number of sulfonamides is 1. The first kappa shape index (κ1) is 16.9. The maximum Gasteiger partial charge on any atom is 0.335 e. The lowest BCUT2D eigenvalue weighted by Crippen LogP contribution is -2.34. The molecule has 0 aromatic carbocycles. The molecule has 0 unspecified atom stereocenters. The van der Waals surface area contributed by atoms with E-state index in [0.717, 1.165) is 17.4 Å². The number of hydrogen-bond donors (Lipinski definition) is 2. The molecular formula is C11H10Cl2N4O3S2. The number of urea groups is 1. The third kappa shape index (κ3) is 4.07. The van der Waals surface area contributed by atoms with Gasteiger partial charge in [-0.05, 0) is 26.0 Å². The van der Waals surface area contributed by atoms with E-state index >= 15 is 0 Å². The van der Waals surface area contributed by atoms with Crippen LogP contribution >= 0.6 is 34.5 Å². The molecule has 0 radical (unpaired) electrons. The number of nitrogens with one attached hydrogen (secondary N) is 2. The Balaban J connectivity index is 2.16. The summed E-state index contributed by atoms with van der Waals surface area (Å²) in [4.78, 5) is 19.5. The number of carbonyl (C=O) groups excluding carboxylic acids is 1. The molecule has 2 rings (SSSR count). The van der Waals surface area contributed by atoms with Crippen LogP contribution in [0, 0.1) is 13.8 Å². The van der Waals surface area contributed by atoms with Gasteiger partial charge in [0.15, 0.2) is 0 Å². The number of anilines is 1. The third-order valence-corrected chi connectivity index (χ3v) is 5.43. The Morgan fingerprint density at radius 3 is 2.27 bits per heavy atom. The molecule has 22 heavy (non-hydrogen) atoms. The molecule has 2 aromatic rings. The molecule has 2 amide bonds. The Bertz CT molecular complexity index is 816. The number of aromatic nitrogens is 2. The fourth-order valence-corrected chi connectivity index (χ4v) is 4.65. The van der Waals surface area contributed by atoms with E-state index in [1.807, 2.05) is 4.72 Å². The van der Waals surface area contributed by atoms with Crippen molar-refractivity contribution < 1.29 is 13.2 Å². The summed E-state index contributed by atoms with van der Waals surface area (Å²) < 4.78 is 26.1. The van der Waals surface area contributed by atoms with E-state index in [9.17, 15) is 13.2 Å². The highest BCUT2D eigenvalue weighted by molar-refractivity contribution is 7.90. The van der Waals surface area contributed by atoms with Gasteiger partial charge in [-0.3, -0.25) is 5.32 Å². The molecule has 11 heteroatoms. The van der Waals surface area contributed by atoms with Crippen molar-refractivity contribution in [3.8, 4) is 0 Å². The summed E-state index contributed by atoms with van der Waals surface area (Å²) in [5.74, 6) is -0.000326. The van der Waals surface area contributed by atoms with Gasteiger partial charge >= 0.3 is 6.03 Å². The smallest absolute Gasteiger partial charge is 0.275 e. The maximum absolute atomic E-state index is 12.1. The van der Waals surface area contributed by atoms with Gasteiger partial charge in [-0.2, -0.15) is 0 Å². The van der Waals surface area contributed by atoms with Crippen LogP contribution in [-0.4, -0.2) is 24.4 Å². The third-order valence-electron chi connectivity index (χ3n) is 2.35. The number of nitrogens with zero attached hydrogens (tertiary/aromatic N) is 2. The van der Waals surface area contributed by atoms with E-state index in [-0.39, 0.29) is 19.5 Å². The summed E-state index contributed by atoms with van der Waals surface area (Å²) in [6.45, 7) is 3.45.